The van der Waals surface area contributed by atoms with Crippen LogP contribution in [0.15, 0.2) is 69.0 Å². The van der Waals surface area contributed by atoms with Gasteiger partial charge < -0.3 is 60.2 Å². The Morgan fingerprint density at radius 3 is 0.907 bits per heavy atom. The molecule has 288 valence electrons. The van der Waals surface area contributed by atoms with Gasteiger partial charge in [0.2, 0.25) is 0 Å². The Hall–Kier alpha value is -6.84. The van der Waals surface area contributed by atoms with Gasteiger partial charge in [-0.25, -0.2) is 42.5 Å². The lowest BCUT2D eigenvalue weighted by Gasteiger charge is -2.19. The first-order valence-corrected chi connectivity index (χ1v) is 15.5. The Morgan fingerprint density at radius 2 is 0.685 bits per heavy atom. The number of nitrogens with zero attached hydrogens (tertiary/aromatic N) is 3. The fraction of sp³-hybridized carbons (Fsp3) is 0.273. The number of carbonyl (C=O) groups is 3. The Balaban J connectivity index is 1.55. The number of aromatic hydroxyl groups is 6. The normalized spacial score (nSPS) is 12.7. The first-order chi connectivity index (χ1) is 25.5. The quantitative estimate of drug-likeness (QED) is 0.0361. The second-order valence-corrected chi connectivity index (χ2v) is 11.5. The summed E-state index contributed by atoms with van der Waals surface area (Å²) >= 11 is 0. The number of aromatic nitrogens is 3. The minimum Gasteiger partial charge on any atom is -0.504 e. The summed E-state index contributed by atoms with van der Waals surface area (Å²) in [5, 5.41) is 88.9. The van der Waals surface area contributed by atoms with Crippen LogP contribution < -0.4 is 17.1 Å². The molecule has 3 atom stereocenters. The molecule has 0 saturated carbocycles. The lowest BCUT2D eigenvalue weighted by Crippen LogP contribution is -2.57. The van der Waals surface area contributed by atoms with E-state index in [0.29, 0.717) is 13.7 Å². The van der Waals surface area contributed by atoms with Crippen LogP contribution in [0, 0.1) is 0 Å². The van der Waals surface area contributed by atoms with Gasteiger partial charge in [0.15, 0.2) is 34.5 Å². The SMILES string of the molecule is O=C(OCC(O)Cn1c(=O)n(CC(O)COC(=O)c2ccc(O)c(O)c2)c(=O)n(CC(O)COC(=O)c2ccc(O)c(O)c2)c1=O)c1ccc(O)c(O)c1. The molecular formula is C33H33N3O18. The molecule has 0 fully saturated rings. The van der Waals surface area contributed by atoms with E-state index in [0.717, 1.165) is 54.6 Å². The van der Waals surface area contributed by atoms with Crippen molar-refractivity contribution >= 4 is 17.9 Å². The molecule has 0 aliphatic rings. The lowest BCUT2D eigenvalue weighted by molar-refractivity contribution is 0.0168. The third-order valence-electron chi connectivity index (χ3n) is 7.42. The summed E-state index contributed by atoms with van der Waals surface area (Å²) in [6.07, 6.45) is -5.40. The van der Waals surface area contributed by atoms with E-state index in [1.807, 2.05) is 0 Å². The summed E-state index contributed by atoms with van der Waals surface area (Å²) < 4.78 is 15.8. The van der Waals surface area contributed by atoms with Crippen LogP contribution in [0.5, 0.6) is 34.5 Å². The third-order valence-corrected chi connectivity index (χ3v) is 7.42. The highest BCUT2D eigenvalue weighted by Gasteiger charge is 2.24. The molecule has 54 heavy (non-hydrogen) atoms. The topological polar surface area (TPSA) is 327 Å². The molecule has 4 aromatic rings. The van der Waals surface area contributed by atoms with E-state index < -0.39 is 127 Å². The minimum absolute atomic E-state index is 0.237. The smallest absolute Gasteiger partial charge is 0.338 e. The van der Waals surface area contributed by atoms with Gasteiger partial charge >= 0.3 is 35.0 Å². The standard InChI is InChI=1S/C33H33N3O18/c37-19(13-52-28(46)16-1-4-22(40)25(43)7-16)10-34-31(49)35(11-20(38)14-53-29(47)17-2-5-23(41)26(44)8-17)33(51)36(32(34)50)12-21(39)15-54-30(48)18-3-6-24(42)27(45)9-18/h1-9,19-21,37-45H,10-15H2. The van der Waals surface area contributed by atoms with Crippen LogP contribution in [0.2, 0.25) is 0 Å². The summed E-state index contributed by atoms with van der Waals surface area (Å²) in [7, 11) is 0. The molecule has 0 saturated heterocycles. The fourth-order valence-corrected chi connectivity index (χ4v) is 4.66. The number of rotatable bonds is 15. The van der Waals surface area contributed by atoms with Crippen molar-refractivity contribution in [3.63, 3.8) is 0 Å². The largest absolute Gasteiger partial charge is 0.504 e. The Bertz CT molecular complexity index is 1950. The van der Waals surface area contributed by atoms with Crippen LogP contribution in [-0.2, 0) is 33.8 Å². The summed E-state index contributed by atoms with van der Waals surface area (Å²) in [5.74, 6) is -6.77. The zero-order chi connectivity index (χ0) is 39.9. The Kier molecular flexibility index (Phi) is 12.7. The van der Waals surface area contributed by atoms with E-state index in [1.54, 1.807) is 0 Å². The molecule has 0 radical (unpaired) electrons. The number of carbonyl (C=O) groups excluding carboxylic acids is 3. The van der Waals surface area contributed by atoms with E-state index in [1.165, 1.54) is 0 Å². The fourth-order valence-electron chi connectivity index (χ4n) is 4.66. The number of esters is 3. The van der Waals surface area contributed by atoms with Crippen LogP contribution in [-0.4, -0.2) is 116 Å². The maximum atomic E-state index is 13.4. The highest BCUT2D eigenvalue weighted by atomic mass is 16.6. The van der Waals surface area contributed by atoms with Gasteiger partial charge in [0.05, 0.1) is 36.3 Å². The number of hydrogen-bond donors (Lipinski definition) is 9. The van der Waals surface area contributed by atoms with Crippen molar-refractivity contribution in [2.75, 3.05) is 19.8 Å². The van der Waals surface area contributed by atoms with Gasteiger partial charge in [0, 0.05) is 0 Å². The van der Waals surface area contributed by atoms with Gasteiger partial charge in [0.25, 0.3) is 0 Å². The number of aliphatic hydroxyl groups excluding tert-OH is 3. The Labute approximate surface area is 301 Å². The van der Waals surface area contributed by atoms with Crippen molar-refractivity contribution in [2.45, 2.75) is 37.9 Å². The van der Waals surface area contributed by atoms with Gasteiger partial charge in [0.1, 0.15) is 38.1 Å². The number of aliphatic hydroxyl groups is 3. The molecule has 3 aromatic carbocycles. The molecule has 21 heteroatoms. The summed E-state index contributed by atoms with van der Waals surface area (Å²) in [6.45, 7) is -5.34. The highest BCUT2D eigenvalue weighted by Crippen LogP contribution is 2.27. The average molecular weight is 760 g/mol. The van der Waals surface area contributed by atoms with Gasteiger partial charge in [-0.05, 0) is 54.6 Å². The van der Waals surface area contributed by atoms with Gasteiger partial charge in [-0.1, -0.05) is 0 Å². The van der Waals surface area contributed by atoms with Crippen LogP contribution in [0.25, 0.3) is 0 Å². The molecule has 0 aliphatic heterocycles. The minimum atomic E-state index is -1.80. The van der Waals surface area contributed by atoms with Crippen LogP contribution in [0.4, 0.5) is 0 Å². The first kappa shape index (κ1) is 39.9. The number of phenolic OH excluding ortho intramolecular Hbond substituents is 6. The third kappa shape index (κ3) is 9.73. The predicted molar refractivity (Wildman–Crippen MR) is 177 cm³/mol. The predicted octanol–water partition coefficient (Wildman–Crippen LogP) is -1.94. The lowest BCUT2D eigenvalue weighted by atomic mass is 10.2. The van der Waals surface area contributed by atoms with Crippen molar-refractivity contribution < 1.29 is 74.6 Å². The number of benzene rings is 3. The first-order valence-electron chi connectivity index (χ1n) is 15.5. The molecule has 9 N–H and O–H groups in total. The molecule has 0 bridgehead atoms. The van der Waals surface area contributed by atoms with Gasteiger partial charge in [-0.2, -0.15) is 0 Å². The van der Waals surface area contributed by atoms with E-state index in [-0.39, 0.29) is 16.7 Å². The van der Waals surface area contributed by atoms with E-state index in [2.05, 4.69) is 0 Å². The zero-order valence-corrected chi connectivity index (χ0v) is 27.7. The molecule has 0 amide bonds. The molecule has 3 unspecified atom stereocenters. The van der Waals surface area contributed by atoms with Crippen LogP contribution in [0.3, 0.4) is 0 Å². The van der Waals surface area contributed by atoms with E-state index in [9.17, 15) is 74.7 Å². The maximum absolute atomic E-state index is 13.4. The average Bonchev–Trinajstić information content (AvgIpc) is 3.13. The van der Waals surface area contributed by atoms with Gasteiger partial charge in [-0.15, -0.1) is 0 Å². The number of ether oxygens (including phenoxy) is 3. The molecular weight excluding hydrogens is 726 g/mol. The molecule has 4 rings (SSSR count). The van der Waals surface area contributed by atoms with E-state index in [4.69, 9.17) is 14.2 Å². The summed E-state index contributed by atoms with van der Waals surface area (Å²) in [6, 6.07) is 8.88. The number of phenols is 6. The Morgan fingerprint density at radius 1 is 0.444 bits per heavy atom. The molecule has 1 heterocycles. The van der Waals surface area contributed by atoms with Crippen molar-refractivity contribution in [3.8, 4) is 34.5 Å². The second kappa shape index (κ2) is 17.1. The number of hydrogen-bond acceptors (Lipinski definition) is 18. The van der Waals surface area contributed by atoms with Crippen LogP contribution in [0.1, 0.15) is 31.1 Å². The molecule has 1 aromatic heterocycles. The monoisotopic (exact) mass is 759 g/mol. The van der Waals surface area contributed by atoms with Crippen molar-refractivity contribution in [1.82, 2.24) is 13.7 Å². The summed E-state index contributed by atoms with van der Waals surface area (Å²) in [4.78, 5) is 77.3. The molecule has 0 aliphatic carbocycles. The van der Waals surface area contributed by atoms with Gasteiger partial charge in [-0.3, -0.25) is 0 Å². The van der Waals surface area contributed by atoms with Crippen molar-refractivity contribution in [2.24, 2.45) is 0 Å². The van der Waals surface area contributed by atoms with Crippen molar-refractivity contribution in [3.05, 3.63) is 103 Å². The summed E-state index contributed by atoms with van der Waals surface area (Å²) in [5.41, 5.74) is -4.93. The molecule has 0 spiro atoms. The highest BCUT2D eigenvalue weighted by molar-refractivity contribution is 5.91. The zero-order valence-electron chi connectivity index (χ0n) is 27.7. The van der Waals surface area contributed by atoms with Crippen LogP contribution >= 0.6 is 0 Å². The second-order valence-electron chi connectivity index (χ2n) is 11.5. The maximum Gasteiger partial charge on any atom is 0.338 e. The van der Waals surface area contributed by atoms with E-state index >= 15 is 0 Å². The van der Waals surface area contributed by atoms with Crippen molar-refractivity contribution in [1.29, 1.82) is 0 Å². The molecule has 21 nitrogen and oxygen atoms in total.